The number of carbonyl (C=O) groups is 1. The normalized spacial score (nSPS) is 11.4. The van der Waals surface area contributed by atoms with Crippen LogP contribution in [0.4, 0.5) is 16.2 Å². The lowest BCUT2D eigenvalue weighted by atomic mass is 10.1. The predicted molar refractivity (Wildman–Crippen MR) is 153 cm³/mol. The number of amides is 2. The lowest BCUT2D eigenvalue weighted by molar-refractivity contribution is 0.262. The van der Waals surface area contributed by atoms with Crippen molar-refractivity contribution < 1.29 is 30.0 Å². The first kappa shape index (κ1) is 28.7. The molecule has 2 amide bonds. The molecular weight excluding hydrogens is 552 g/mol. The largest absolute Gasteiger partial charge is 0.377 e. The van der Waals surface area contributed by atoms with Crippen molar-refractivity contribution in [3.8, 4) is 11.5 Å². The van der Waals surface area contributed by atoms with Crippen LogP contribution in [0.15, 0.2) is 107 Å². The third-order valence-electron chi connectivity index (χ3n) is 5.87. The number of rotatable bonds is 10. The van der Waals surface area contributed by atoms with E-state index in [2.05, 4.69) is 10.6 Å². The monoisotopic (exact) mass is 580 g/mol. The molecule has 0 aromatic heterocycles. The molecule has 0 aliphatic rings. The van der Waals surface area contributed by atoms with Gasteiger partial charge in [0.2, 0.25) is 0 Å². The molecule has 0 atom stereocenters. The molecular formula is C29H28N2O7S2. The minimum Gasteiger partial charge on any atom is -0.377 e. The van der Waals surface area contributed by atoms with Crippen LogP contribution in [0, 0.1) is 0 Å². The second-order valence-electron chi connectivity index (χ2n) is 8.65. The van der Waals surface area contributed by atoms with E-state index < -0.39 is 26.3 Å². The van der Waals surface area contributed by atoms with Gasteiger partial charge in [-0.15, -0.1) is 0 Å². The third-order valence-corrected chi connectivity index (χ3v) is 8.36. The molecule has 0 saturated heterocycles. The summed E-state index contributed by atoms with van der Waals surface area (Å²) in [5.41, 5.74) is 1.78. The van der Waals surface area contributed by atoms with Crippen LogP contribution in [0.1, 0.15) is 25.0 Å². The van der Waals surface area contributed by atoms with Gasteiger partial charge in [0.15, 0.2) is 11.5 Å². The Kier molecular flexibility index (Phi) is 8.76. The molecule has 0 unspecified atom stereocenters. The van der Waals surface area contributed by atoms with Crippen LogP contribution in [0.3, 0.4) is 0 Å². The van der Waals surface area contributed by atoms with Crippen molar-refractivity contribution in [2.45, 2.75) is 36.5 Å². The number of nitrogens with one attached hydrogen (secondary N) is 2. The summed E-state index contributed by atoms with van der Waals surface area (Å²) in [6, 6.07) is 24.1. The maximum absolute atomic E-state index is 13.0. The Morgan fingerprint density at radius 1 is 0.600 bits per heavy atom. The number of benzene rings is 4. The first-order valence-corrected chi connectivity index (χ1v) is 15.3. The third kappa shape index (κ3) is 6.99. The van der Waals surface area contributed by atoms with E-state index in [0.717, 1.165) is 11.1 Å². The Morgan fingerprint density at radius 3 is 1.32 bits per heavy atom. The summed E-state index contributed by atoms with van der Waals surface area (Å²) in [4.78, 5) is 13.0. The number of urea groups is 1. The fraction of sp³-hybridized carbons (Fsp3) is 0.138. The average molecular weight is 581 g/mol. The summed E-state index contributed by atoms with van der Waals surface area (Å²) in [5.74, 6) is -0.134. The van der Waals surface area contributed by atoms with E-state index >= 15 is 0 Å². The molecule has 0 heterocycles. The predicted octanol–water partition coefficient (Wildman–Crippen LogP) is 5.99. The van der Waals surface area contributed by atoms with E-state index in [4.69, 9.17) is 8.37 Å². The SMILES string of the molecule is CCc1ccc(NC(=O)Nc2ccc(CC)cc2OS(=O)(=O)c2ccccc2)c(OS(=O)(=O)c2ccccc2)c1. The Balaban J connectivity index is 1.60. The van der Waals surface area contributed by atoms with Gasteiger partial charge in [0.05, 0.1) is 11.4 Å². The molecule has 4 rings (SSSR count). The molecule has 0 aliphatic heterocycles. The maximum atomic E-state index is 13.0. The van der Waals surface area contributed by atoms with Gasteiger partial charge in [0, 0.05) is 0 Å². The molecule has 11 heteroatoms. The van der Waals surface area contributed by atoms with E-state index in [0.29, 0.717) is 12.8 Å². The van der Waals surface area contributed by atoms with Gasteiger partial charge in [-0.3, -0.25) is 0 Å². The highest BCUT2D eigenvalue weighted by molar-refractivity contribution is 7.87. The molecule has 4 aromatic rings. The second kappa shape index (κ2) is 12.2. The van der Waals surface area contributed by atoms with Crippen LogP contribution >= 0.6 is 0 Å². The zero-order valence-electron chi connectivity index (χ0n) is 21.8. The molecule has 0 spiro atoms. The van der Waals surface area contributed by atoms with E-state index in [1.807, 2.05) is 13.8 Å². The van der Waals surface area contributed by atoms with E-state index in [1.54, 1.807) is 48.5 Å². The molecule has 4 aromatic carbocycles. The van der Waals surface area contributed by atoms with Crippen molar-refractivity contribution in [3.05, 3.63) is 108 Å². The minimum atomic E-state index is -4.18. The van der Waals surface area contributed by atoms with E-state index in [9.17, 15) is 21.6 Å². The van der Waals surface area contributed by atoms with Gasteiger partial charge in [-0.2, -0.15) is 16.8 Å². The molecule has 0 radical (unpaired) electrons. The molecule has 9 nitrogen and oxygen atoms in total. The Labute approximate surface area is 234 Å². The highest BCUT2D eigenvalue weighted by Gasteiger charge is 2.22. The molecule has 208 valence electrons. The lowest BCUT2D eigenvalue weighted by Crippen LogP contribution is -2.21. The Hall–Kier alpha value is -4.35. The highest BCUT2D eigenvalue weighted by Crippen LogP contribution is 2.32. The second-order valence-corrected chi connectivity index (χ2v) is 11.7. The molecule has 0 bridgehead atoms. The summed E-state index contributed by atoms with van der Waals surface area (Å²) < 4.78 is 62.3. The fourth-order valence-electron chi connectivity index (χ4n) is 3.70. The molecule has 0 saturated carbocycles. The maximum Gasteiger partial charge on any atom is 0.339 e. The first-order valence-electron chi connectivity index (χ1n) is 12.4. The van der Waals surface area contributed by atoms with Crippen LogP contribution in [-0.4, -0.2) is 22.9 Å². The van der Waals surface area contributed by atoms with Crippen LogP contribution in [0.5, 0.6) is 11.5 Å². The van der Waals surface area contributed by atoms with Crippen LogP contribution in [-0.2, 0) is 33.1 Å². The standard InChI is InChI=1S/C29H28N2O7S2/c1-3-21-15-17-25(27(19-21)37-39(33,34)23-11-7-5-8-12-23)30-29(32)31-26-18-16-22(4-2)20-28(26)38-40(35,36)24-13-9-6-10-14-24/h5-20H,3-4H2,1-2H3,(H2,30,31,32). The fourth-order valence-corrected chi connectivity index (χ4v) is 5.62. The lowest BCUT2D eigenvalue weighted by Gasteiger charge is -2.16. The Morgan fingerprint density at radius 2 is 0.975 bits per heavy atom. The highest BCUT2D eigenvalue weighted by atomic mass is 32.2. The van der Waals surface area contributed by atoms with Gasteiger partial charge in [-0.25, -0.2) is 4.79 Å². The van der Waals surface area contributed by atoms with Crippen LogP contribution in [0.25, 0.3) is 0 Å². The van der Waals surface area contributed by atoms with Crippen LogP contribution < -0.4 is 19.0 Å². The summed E-state index contributed by atoms with van der Waals surface area (Å²) >= 11 is 0. The van der Waals surface area contributed by atoms with Crippen LogP contribution in [0.2, 0.25) is 0 Å². The zero-order chi connectivity index (χ0) is 28.8. The van der Waals surface area contributed by atoms with Gasteiger partial charge in [-0.1, -0.05) is 62.4 Å². The van der Waals surface area contributed by atoms with Crippen molar-refractivity contribution in [1.29, 1.82) is 0 Å². The topological polar surface area (TPSA) is 128 Å². The van der Waals surface area contributed by atoms with Crippen molar-refractivity contribution in [2.75, 3.05) is 10.6 Å². The number of carbonyl (C=O) groups excluding carboxylic acids is 1. The number of hydrogen-bond donors (Lipinski definition) is 2. The summed E-state index contributed by atoms with van der Waals surface area (Å²) in [7, 11) is -8.35. The molecule has 40 heavy (non-hydrogen) atoms. The van der Waals surface area contributed by atoms with Gasteiger partial charge in [0.1, 0.15) is 9.79 Å². The van der Waals surface area contributed by atoms with E-state index in [1.165, 1.54) is 48.5 Å². The first-order chi connectivity index (χ1) is 19.1. The quantitative estimate of drug-likeness (QED) is 0.221. The smallest absolute Gasteiger partial charge is 0.339 e. The van der Waals surface area contributed by atoms with E-state index in [-0.39, 0.29) is 32.7 Å². The number of hydrogen-bond acceptors (Lipinski definition) is 7. The Bertz CT molecular complexity index is 1580. The minimum absolute atomic E-state index is 0.0373. The van der Waals surface area contributed by atoms with Crippen molar-refractivity contribution in [2.24, 2.45) is 0 Å². The molecule has 0 aliphatic carbocycles. The zero-order valence-corrected chi connectivity index (χ0v) is 23.5. The molecule has 2 N–H and O–H groups in total. The van der Waals surface area contributed by atoms with Crippen molar-refractivity contribution in [3.63, 3.8) is 0 Å². The van der Waals surface area contributed by atoms with Crippen molar-refractivity contribution in [1.82, 2.24) is 0 Å². The van der Waals surface area contributed by atoms with Gasteiger partial charge < -0.3 is 19.0 Å². The van der Waals surface area contributed by atoms with Gasteiger partial charge in [0.25, 0.3) is 0 Å². The number of aryl methyl sites for hydroxylation is 2. The summed E-state index contributed by atoms with van der Waals surface area (Å²) in [5, 5.41) is 5.18. The summed E-state index contributed by atoms with van der Waals surface area (Å²) in [6.07, 6.45) is 1.21. The molecule has 0 fully saturated rings. The average Bonchev–Trinajstić information content (AvgIpc) is 2.95. The van der Waals surface area contributed by atoms with Gasteiger partial charge in [-0.05, 0) is 72.5 Å². The summed E-state index contributed by atoms with van der Waals surface area (Å²) in [6.45, 7) is 3.80. The van der Waals surface area contributed by atoms with Crippen molar-refractivity contribution >= 4 is 37.6 Å². The van der Waals surface area contributed by atoms with Gasteiger partial charge >= 0.3 is 26.3 Å². The number of anilines is 2.